The number of nitrogens with zero attached hydrogens (tertiary/aromatic N) is 2. The van der Waals surface area contributed by atoms with Crippen LogP contribution in [0, 0.1) is 0 Å². The summed E-state index contributed by atoms with van der Waals surface area (Å²) in [6, 6.07) is 0. The number of hydrogen-bond donors (Lipinski definition) is 2. The average Bonchev–Trinajstić information content (AvgIpc) is 2.35. The molecule has 0 amide bonds. The van der Waals surface area contributed by atoms with Gasteiger partial charge in [-0.05, 0) is 20.4 Å². The number of piperazine rings is 1. The van der Waals surface area contributed by atoms with Gasteiger partial charge in [-0.25, -0.2) is 8.42 Å². The lowest BCUT2D eigenvalue weighted by Crippen LogP contribution is -2.51. The van der Waals surface area contributed by atoms with E-state index in [4.69, 9.17) is 0 Å². The molecule has 1 aliphatic rings. The van der Waals surface area contributed by atoms with Crippen LogP contribution in [0.15, 0.2) is 0 Å². The highest BCUT2D eigenvalue weighted by Crippen LogP contribution is 2.11. The Morgan fingerprint density at radius 1 is 1.28 bits per heavy atom. The van der Waals surface area contributed by atoms with Crippen LogP contribution in [0.5, 0.6) is 0 Å². The van der Waals surface area contributed by atoms with Gasteiger partial charge in [0.05, 0.1) is 12.9 Å². The summed E-state index contributed by atoms with van der Waals surface area (Å²) < 4.78 is 24.3. The zero-order chi connectivity index (χ0) is 13.8. The summed E-state index contributed by atoms with van der Waals surface area (Å²) in [6.07, 6.45) is 2.10. The number of sulfonamides is 1. The normalized spacial score (nSPS) is 22.9. The van der Waals surface area contributed by atoms with E-state index >= 15 is 0 Å². The van der Waals surface area contributed by atoms with Crippen LogP contribution in [-0.4, -0.2) is 80.9 Å². The third kappa shape index (κ3) is 4.47. The molecule has 0 aromatic heterocycles. The number of rotatable bonds is 6. The highest BCUT2D eigenvalue weighted by atomic mass is 32.2. The molecule has 0 bridgehead atoms. The Balaban J connectivity index is 2.36. The van der Waals surface area contributed by atoms with Gasteiger partial charge in [-0.2, -0.15) is 4.31 Å². The average molecular weight is 279 g/mol. The van der Waals surface area contributed by atoms with Crippen molar-refractivity contribution in [2.75, 3.05) is 52.6 Å². The van der Waals surface area contributed by atoms with Crippen molar-refractivity contribution in [2.24, 2.45) is 0 Å². The van der Waals surface area contributed by atoms with Gasteiger partial charge in [0.15, 0.2) is 0 Å². The van der Waals surface area contributed by atoms with Gasteiger partial charge >= 0.3 is 0 Å². The second-order valence-corrected chi connectivity index (χ2v) is 7.20. The van der Waals surface area contributed by atoms with E-state index in [1.54, 1.807) is 0 Å². The number of nitrogens with one attached hydrogen (secondary N) is 1. The lowest BCUT2D eigenvalue weighted by atomic mass is 9.99. The van der Waals surface area contributed by atoms with Crippen LogP contribution in [0.4, 0.5) is 0 Å². The second-order valence-electron chi connectivity index (χ2n) is 5.22. The highest BCUT2D eigenvalue weighted by molar-refractivity contribution is 7.88. The van der Waals surface area contributed by atoms with Crippen molar-refractivity contribution >= 4 is 10.0 Å². The Kier molecular flexibility index (Phi) is 5.54. The molecule has 108 valence electrons. The van der Waals surface area contributed by atoms with Crippen LogP contribution in [0.25, 0.3) is 0 Å². The molecule has 1 unspecified atom stereocenters. The largest absolute Gasteiger partial charge is 0.394 e. The van der Waals surface area contributed by atoms with Gasteiger partial charge in [-0.15, -0.1) is 0 Å². The quantitative estimate of drug-likeness (QED) is 0.647. The molecule has 7 heteroatoms. The van der Waals surface area contributed by atoms with Crippen molar-refractivity contribution in [1.82, 2.24) is 14.5 Å². The van der Waals surface area contributed by atoms with Crippen LogP contribution in [0.3, 0.4) is 0 Å². The van der Waals surface area contributed by atoms with E-state index in [9.17, 15) is 13.5 Å². The van der Waals surface area contributed by atoms with Gasteiger partial charge in [-0.3, -0.25) is 0 Å². The summed E-state index contributed by atoms with van der Waals surface area (Å²) >= 11 is 0. The standard InChI is InChI=1S/C11H25N3O3S/c1-11(10-15,12-2)4-5-13-6-8-14(9-7-13)18(3,16)17/h12,15H,4-10H2,1-3H3. The van der Waals surface area contributed by atoms with Crippen molar-refractivity contribution in [3.05, 3.63) is 0 Å². The first-order chi connectivity index (χ1) is 8.30. The van der Waals surface area contributed by atoms with Gasteiger partial charge in [0.2, 0.25) is 10.0 Å². The fraction of sp³-hybridized carbons (Fsp3) is 1.00. The van der Waals surface area contributed by atoms with Crippen LogP contribution in [0.2, 0.25) is 0 Å². The molecule has 1 rings (SSSR count). The molecule has 0 aliphatic carbocycles. The maximum Gasteiger partial charge on any atom is 0.211 e. The van der Waals surface area contributed by atoms with Gasteiger partial charge in [0.1, 0.15) is 0 Å². The van der Waals surface area contributed by atoms with Crippen molar-refractivity contribution < 1.29 is 13.5 Å². The number of hydrogen-bond acceptors (Lipinski definition) is 5. The summed E-state index contributed by atoms with van der Waals surface area (Å²) in [6.45, 7) is 5.61. The topological polar surface area (TPSA) is 72.9 Å². The molecule has 0 aromatic carbocycles. The number of aliphatic hydroxyl groups is 1. The predicted molar refractivity (Wildman–Crippen MR) is 72.0 cm³/mol. The molecule has 6 nitrogen and oxygen atoms in total. The first kappa shape index (κ1) is 15.8. The first-order valence-electron chi connectivity index (χ1n) is 6.28. The Morgan fingerprint density at radius 2 is 1.83 bits per heavy atom. The van der Waals surface area contributed by atoms with Gasteiger partial charge in [0, 0.05) is 38.3 Å². The summed E-state index contributed by atoms with van der Waals surface area (Å²) in [5.74, 6) is 0. The smallest absolute Gasteiger partial charge is 0.211 e. The minimum Gasteiger partial charge on any atom is -0.394 e. The van der Waals surface area contributed by atoms with Crippen LogP contribution in [0.1, 0.15) is 13.3 Å². The Bertz CT molecular complexity index is 347. The molecule has 2 N–H and O–H groups in total. The molecule has 1 atom stereocenters. The Morgan fingerprint density at radius 3 is 2.22 bits per heavy atom. The van der Waals surface area contributed by atoms with Gasteiger partial charge < -0.3 is 15.3 Å². The number of aliphatic hydroxyl groups excluding tert-OH is 1. The minimum atomic E-state index is -3.05. The van der Waals surface area contributed by atoms with Crippen molar-refractivity contribution in [3.8, 4) is 0 Å². The maximum absolute atomic E-state index is 11.4. The Labute approximate surface area is 110 Å². The Hall–Kier alpha value is -0.210. The van der Waals surface area contributed by atoms with E-state index in [2.05, 4.69) is 10.2 Å². The number of likely N-dealkylation sites (N-methyl/N-ethyl adjacent to an activating group) is 1. The van der Waals surface area contributed by atoms with E-state index in [1.165, 1.54) is 10.6 Å². The van der Waals surface area contributed by atoms with E-state index < -0.39 is 10.0 Å². The van der Waals surface area contributed by atoms with Gasteiger partial charge in [0.25, 0.3) is 0 Å². The molecule has 1 fully saturated rings. The minimum absolute atomic E-state index is 0.104. The van der Waals surface area contributed by atoms with Crippen LogP contribution >= 0.6 is 0 Å². The highest BCUT2D eigenvalue weighted by Gasteiger charge is 2.26. The lowest BCUT2D eigenvalue weighted by molar-refractivity contribution is 0.134. The molecule has 18 heavy (non-hydrogen) atoms. The molecule has 1 heterocycles. The van der Waals surface area contributed by atoms with Crippen molar-refractivity contribution in [3.63, 3.8) is 0 Å². The summed E-state index contributed by atoms with van der Waals surface area (Å²) in [5.41, 5.74) is -0.256. The van der Waals surface area contributed by atoms with Crippen molar-refractivity contribution in [1.29, 1.82) is 0 Å². The predicted octanol–water partition coefficient (Wildman–Crippen LogP) is -1.08. The summed E-state index contributed by atoms with van der Waals surface area (Å²) in [4.78, 5) is 2.24. The van der Waals surface area contributed by atoms with E-state index in [0.717, 1.165) is 26.1 Å². The molecule has 1 aliphatic heterocycles. The summed E-state index contributed by atoms with van der Waals surface area (Å²) in [7, 11) is -1.20. The zero-order valence-electron chi connectivity index (χ0n) is 11.5. The molecular weight excluding hydrogens is 254 g/mol. The maximum atomic E-state index is 11.4. The van der Waals surface area contributed by atoms with E-state index in [-0.39, 0.29) is 12.1 Å². The molecule has 1 saturated heterocycles. The lowest BCUT2D eigenvalue weighted by Gasteiger charge is -2.35. The molecule has 0 radical (unpaired) electrons. The monoisotopic (exact) mass is 279 g/mol. The van der Waals surface area contributed by atoms with Crippen LogP contribution in [-0.2, 0) is 10.0 Å². The first-order valence-corrected chi connectivity index (χ1v) is 8.13. The van der Waals surface area contributed by atoms with Crippen molar-refractivity contribution in [2.45, 2.75) is 18.9 Å². The third-order valence-corrected chi connectivity index (χ3v) is 5.04. The third-order valence-electron chi connectivity index (χ3n) is 3.73. The van der Waals surface area contributed by atoms with E-state index in [1.807, 2.05) is 14.0 Å². The molecular formula is C11H25N3O3S. The van der Waals surface area contributed by atoms with Crippen LogP contribution < -0.4 is 5.32 Å². The molecule has 0 aromatic rings. The SMILES string of the molecule is CNC(C)(CO)CCN1CCN(S(C)(=O)=O)CC1. The molecule has 0 spiro atoms. The van der Waals surface area contributed by atoms with E-state index in [0.29, 0.717) is 13.1 Å². The second kappa shape index (κ2) is 6.29. The van der Waals surface area contributed by atoms with Gasteiger partial charge in [-0.1, -0.05) is 0 Å². The zero-order valence-corrected chi connectivity index (χ0v) is 12.3. The summed E-state index contributed by atoms with van der Waals surface area (Å²) in [5, 5.41) is 12.4. The molecule has 0 saturated carbocycles. The fourth-order valence-electron chi connectivity index (χ4n) is 1.97. The fourth-order valence-corrected chi connectivity index (χ4v) is 2.80.